The summed E-state index contributed by atoms with van der Waals surface area (Å²) in [7, 11) is -4.56. The molecule has 7 nitrogen and oxygen atoms in total. The summed E-state index contributed by atoms with van der Waals surface area (Å²) >= 11 is 4.53. The number of nitrogens with zero attached hydrogens (tertiary/aromatic N) is 2. The van der Waals surface area contributed by atoms with Crippen LogP contribution < -0.4 is 10.6 Å². The fourth-order valence-corrected chi connectivity index (χ4v) is 5.19. The molecule has 2 aromatic rings. The molecule has 0 amide bonds. The molecule has 31 heavy (non-hydrogen) atoms. The van der Waals surface area contributed by atoms with Gasteiger partial charge in [-0.05, 0) is 52.0 Å². The largest absolute Gasteiger partial charge is 0 e. The number of pyridine rings is 2. The molecule has 2 heterocycles. The molecule has 0 unspecified atom stereocenters. The number of rotatable bonds is 11. The minimum absolute atomic E-state index is 0. The van der Waals surface area contributed by atoms with Crippen molar-refractivity contribution in [1.29, 1.82) is 0 Å². The second-order valence-corrected chi connectivity index (χ2v) is 8.80. The molecule has 0 N–H and O–H groups in total. The average Bonchev–Trinajstić information content (AvgIpc) is 2.75. The van der Waals surface area contributed by atoms with Crippen LogP contribution in [0.3, 0.4) is 0 Å². The van der Waals surface area contributed by atoms with E-state index in [1.54, 1.807) is 38.4 Å². The Morgan fingerprint density at radius 1 is 0.871 bits per heavy atom. The minimum Gasteiger partial charge on any atom is 0 e. The molecule has 0 bridgehead atoms. The van der Waals surface area contributed by atoms with Crippen molar-refractivity contribution in [3.05, 3.63) is 36.7 Å². The Balaban J connectivity index is 0. The van der Waals surface area contributed by atoms with Crippen molar-refractivity contribution in [3.63, 3.8) is 0 Å². The van der Waals surface area contributed by atoms with E-state index >= 15 is 0 Å². The van der Waals surface area contributed by atoms with E-state index < -0.39 is 16.0 Å². The van der Waals surface area contributed by atoms with Crippen LogP contribution in [-0.2, 0) is 73.4 Å². The van der Waals surface area contributed by atoms with Crippen LogP contribution in [0.5, 0.6) is 0 Å². The maximum atomic E-state index is 13.0. The van der Waals surface area contributed by atoms with Gasteiger partial charge in [0.1, 0.15) is 0 Å². The molecule has 0 aliphatic carbocycles. The molecule has 0 spiro atoms. The molecule has 2 aromatic heterocycles. The second kappa shape index (κ2) is 19.3. The van der Waals surface area contributed by atoms with E-state index in [-0.39, 0.29) is 46.8 Å². The van der Waals surface area contributed by atoms with Crippen molar-refractivity contribution >= 4 is 40.0 Å². The quantitative estimate of drug-likeness (QED) is 0.300. The van der Waals surface area contributed by atoms with Crippen LogP contribution in [-0.4, -0.2) is 36.4 Å². The molecular weight excluding hydrogens is 770 g/mol. The van der Waals surface area contributed by atoms with Gasteiger partial charge in [-0.3, -0.25) is 14.5 Å². The van der Waals surface area contributed by atoms with Crippen LogP contribution in [0.15, 0.2) is 36.7 Å². The Labute approximate surface area is 224 Å². The minimum atomic E-state index is -3.38. The Hall–Kier alpha value is 0.955. The summed E-state index contributed by atoms with van der Waals surface area (Å²) in [5.41, 5.74) is 1.22. The first-order chi connectivity index (χ1) is 14.1. The van der Waals surface area contributed by atoms with Gasteiger partial charge in [-0.25, -0.2) is 0 Å². The predicted octanol–water partition coefficient (Wildman–Crippen LogP) is 4.88. The van der Waals surface area contributed by atoms with Crippen molar-refractivity contribution in [1.82, 2.24) is 9.97 Å². The van der Waals surface area contributed by atoms with E-state index in [4.69, 9.17) is 18.1 Å². The van der Waals surface area contributed by atoms with Gasteiger partial charge >= 0.3 is 38.2 Å². The molecule has 0 fully saturated rings. The summed E-state index contributed by atoms with van der Waals surface area (Å²) in [6, 6.07) is 7.10. The smallest absolute Gasteiger partial charge is 0 e. The molecule has 13 heteroatoms. The standard InChI is InChI=1S/C18H26N2O5P2.BrH.2Co.Re/c1-5-22-26(23-6-2)15-9-11-19-17(13-15)18-14-16(10-12-20-18)27(21,24-7-3)25-8-4;;;;/h9-14H,5-8H2,1-4H3;1H;;;/q;;;;+1/p-1. The third kappa shape index (κ3) is 10.8. The van der Waals surface area contributed by atoms with Gasteiger partial charge in [0.05, 0.1) is 43.1 Å². The van der Waals surface area contributed by atoms with Gasteiger partial charge in [-0.15, -0.1) is 0 Å². The third-order valence-corrected chi connectivity index (χ3v) is 7.16. The molecule has 0 aliphatic heterocycles. The first-order valence-electron chi connectivity index (χ1n) is 9.10. The van der Waals surface area contributed by atoms with Crippen molar-refractivity contribution in [2.24, 2.45) is 0 Å². The van der Waals surface area contributed by atoms with Crippen molar-refractivity contribution in [2.45, 2.75) is 27.7 Å². The Morgan fingerprint density at radius 3 is 1.84 bits per heavy atom. The van der Waals surface area contributed by atoms with Crippen LogP contribution in [0.4, 0.5) is 0 Å². The van der Waals surface area contributed by atoms with Crippen LogP contribution in [0, 0.1) is 0 Å². The first kappa shape index (κ1) is 34.1. The van der Waals surface area contributed by atoms with Gasteiger partial charge in [-0.1, -0.05) is 0 Å². The van der Waals surface area contributed by atoms with Gasteiger partial charge < -0.3 is 18.1 Å². The normalized spacial score (nSPS) is 10.5. The van der Waals surface area contributed by atoms with Gasteiger partial charge in [0.2, 0.25) is 8.38 Å². The summed E-state index contributed by atoms with van der Waals surface area (Å²) in [5.74, 6) is 0. The summed E-state index contributed by atoms with van der Waals surface area (Å²) in [5, 5.41) is 1.36. The molecule has 0 saturated heterocycles. The molecular formula is C18H26BrCo2N2O5P2Re. The van der Waals surface area contributed by atoms with Gasteiger partial charge in [-0.2, -0.15) is 0 Å². The maximum absolute atomic E-state index is 13.0. The fourth-order valence-electron chi connectivity index (χ4n) is 2.35. The zero-order valence-electron chi connectivity index (χ0n) is 17.5. The number of aromatic nitrogens is 2. The first-order valence-corrected chi connectivity index (χ1v) is 17.8. The number of hydrogen-bond acceptors (Lipinski definition) is 7. The van der Waals surface area contributed by atoms with Crippen molar-refractivity contribution < 1.29 is 73.4 Å². The van der Waals surface area contributed by atoms with Crippen molar-refractivity contribution in [3.8, 4) is 11.4 Å². The Morgan fingerprint density at radius 2 is 1.35 bits per heavy atom. The molecule has 180 valence electrons. The topological polar surface area (TPSA) is 79.8 Å². The van der Waals surface area contributed by atoms with E-state index in [0.29, 0.717) is 29.9 Å². The molecule has 0 saturated carbocycles. The SMILES string of the molecule is CCOP(OCC)c1ccnc(-c2cc(P(=O)(OCC)OCC)ccn2)c1.[Br][Re].[Co].[Co]. The third-order valence-electron chi connectivity index (χ3n) is 3.37. The van der Waals surface area contributed by atoms with Crippen LogP contribution in [0.2, 0.25) is 0 Å². The van der Waals surface area contributed by atoms with E-state index in [1.165, 1.54) is 17.2 Å². The van der Waals surface area contributed by atoms with Crippen LogP contribution in [0.25, 0.3) is 11.4 Å². The van der Waals surface area contributed by atoms with Gasteiger partial charge in [0.25, 0.3) is 0 Å². The van der Waals surface area contributed by atoms with E-state index in [2.05, 4.69) is 23.4 Å². The Bertz CT molecular complexity index is 782. The molecule has 2 radical (unpaired) electrons. The summed E-state index contributed by atoms with van der Waals surface area (Å²) in [6.07, 6.45) is 3.27. The number of hydrogen-bond donors (Lipinski definition) is 0. The van der Waals surface area contributed by atoms with Gasteiger partial charge in [0, 0.05) is 51.3 Å². The summed E-state index contributed by atoms with van der Waals surface area (Å²) in [6.45, 7) is 9.11. The Kier molecular flexibility index (Phi) is 21.2. The summed E-state index contributed by atoms with van der Waals surface area (Å²) in [4.78, 5) is 8.76. The fraction of sp³-hybridized carbons (Fsp3) is 0.444. The zero-order chi connectivity index (χ0) is 21.7. The maximum Gasteiger partial charge on any atom is 0 e. The van der Waals surface area contributed by atoms with E-state index in [1.807, 2.05) is 26.0 Å². The van der Waals surface area contributed by atoms with E-state index in [0.717, 1.165) is 5.30 Å². The van der Waals surface area contributed by atoms with Gasteiger partial charge in [0.15, 0.2) is 0 Å². The monoisotopic (exact) mass is 796 g/mol. The molecule has 2 rings (SSSR count). The molecule has 0 aliphatic rings. The molecule has 0 aromatic carbocycles. The summed E-state index contributed by atoms with van der Waals surface area (Å²) < 4.78 is 35.3. The van der Waals surface area contributed by atoms with E-state index in [9.17, 15) is 4.57 Å². The van der Waals surface area contributed by atoms with Crippen LogP contribution in [0.1, 0.15) is 27.7 Å². The van der Waals surface area contributed by atoms with Crippen molar-refractivity contribution in [2.75, 3.05) is 26.4 Å². The second-order valence-electron chi connectivity index (χ2n) is 5.22. The van der Waals surface area contributed by atoms with Crippen LogP contribution >= 0.6 is 29.4 Å². The number of halogens is 1. The zero-order valence-corrected chi connectivity index (χ0v) is 25.7. The molecule has 0 atom stereocenters. The average molecular weight is 796 g/mol. The predicted molar refractivity (Wildman–Crippen MR) is 117 cm³/mol.